The second-order valence-electron chi connectivity index (χ2n) is 9.60. The van der Waals surface area contributed by atoms with Crippen molar-refractivity contribution >= 4 is 17.6 Å². The largest absolute Gasteiger partial charge is 0.480 e. The van der Waals surface area contributed by atoms with Gasteiger partial charge in [-0.25, -0.2) is 24.4 Å². The number of hydrogen-bond donors (Lipinski definition) is 3. The summed E-state index contributed by atoms with van der Waals surface area (Å²) >= 11 is 0. The Labute approximate surface area is 211 Å². The molecule has 1 atom stereocenters. The van der Waals surface area contributed by atoms with Gasteiger partial charge < -0.3 is 20.6 Å². The molecule has 10 heteroatoms. The minimum absolute atomic E-state index is 0.480. The number of hydrogen-bond acceptors (Lipinski definition) is 8. The van der Waals surface area contributed by atoms with Crippen molar-refractivity contribution in [1.29, 1.82) is 0 Å². The molecule has 0 spiro atoms. The Hall–Kier alpha value is -3.53. The van der Waals surface area contributed by atoms with E-state index in [4.69, 9.17) is 4.98 Å². The van der Waals surface area contributed by atoms with Gasteiger partial charge in [0.15, 0.2) is 5.82 Å². The van der Waals surface area contributed by atoms with Crippen LogP contribution in [-0.4, -0.2) is 72.4 Å². The highest BCUT2D eigenvalue weighted by Gasteiger charge is 2.30. The molecule has 0 radical (unpaired) electrons. The first-order chi connectivity index (χ1) is 17.7. The van der Waals surface area contributed by atoms with E-state index >= 15 is 0 Å². The van der Waals surface area contributed by atoms with Gasteiger partial charge in [0.25, 0.3) is 0 Å². The van der Waals surface area contributed by atoms with Crippen LogP contribution in [0, 0.1) is 0 Å². The number of nitrogens with zero attached hydrogens (tertiary/aromatic N) is 6. The van der Waals surface area contributed by atoms with Gasteiger partial charge in [-0.1, -0.05) is 6.07 Å². The van der Waals surface area contributed by atoms with Gasteiger partial charge >= 0.3 is 5.97 Å². The number of pyridine rings is 1. The highest BCUT2D eigenvalue weighted by molar-refractivity contribution is 5.76. The molecule has 3 aromatic heterocycles. The number of aryl methyl sites for hydroxylation is 2. The van der Waals surface area contributed by atoms with Crippen molar-refractivity contribution in [2.24, 2.45) is 0 Å². The van der Waals surface area contributed by atoms with Crippen LogP contribution in [0.2, 0.25) is 0 Å². The highest BCUT2D eigenvalue weighted by Crippen LogP contribution is 2.28. The van der Waals surface area contributed by atoms with Gasteiger partial charge in [0, 0.05) is 43.3 Å². The summed E-state index contributed by atoms with van der Waals surface area (Å²) in [7, 11) is 0. The van der Waals surface area contributed by atoms with Crippen LogP contribution in [0.3, 0.4) is 0 Å². The molecular weight excluding hydrogens is 456 g/mol. The van der Waals surface area contributed by atoms with Gasteiger partial charge in [-0.05, 0) is 75.6 Å². The van der Waals surface area contributed by atoms with Crippen LogP contribution < -0.4 is 10.6 Å². The molecule has 1 aliphatic heterocycles. The van der Waals surface area contributed by atoms with E-state index in [0.717, 1.165) is 56.8 Å². The zero-order valence-electron chi connectivity index (χ0n) is 20.5. The zero-order valence-corrected chi connectivity index (χ0v) is 20.5. The van der Waals surface area contributed by atoms with E-state index in [2.05, 4.69) is 42.7 Å². The minimum Gasteiger partial charge on any atom is -0.480 e. The van der Waals surface area contributed by atoms with E-state index in [-0.39, 0.29) is 0 Å². The van der Waals surface area contributed by atoms with Crippen LogP contribution in [0.25, 0.3) is 5.82 Å². The number of carboxylic acid groups (broad SMARTS) is 1. The number of unbranched alkanes of at least 4 members (excludes halogenated alkanes) is 1. The van der Waals surface area contributed by atoms with Crippen LogP contribution in [0.15, 0.2) is 43.0 Å². The Morgan fingerprint density at radius 3 is 2.97 bits per heavy atom. The molecule has 0 saturated heterocycles. The maximum Gasteiger partial charge on any atom is 0.326 e. The predicted octanol–water partition coefficient (Wildman–Crippen LogP) is 3.16. The lowest BCUT2D eigenvalue weighted by molar-refractivity contribution is -0.138. The normalized spacial score (nSPS) is 15.8. The molecule has 3 N–H and O–H groups in total. The number of carboxylic acids is 1. The lowest BCUT2D eigenvalue weighted by atomic mass is 10.1. The fraction of sp³-hybridized carbons (Fsp3) is 0.500. The molecule has 1 saturated carbocycles. The van der Waals surface area contributed by atoms with E-state index in [1.807, 2.05) is 6.07 Å². The second kappa shape index (κ2) is 11.5. The Bertz CT molecular complexity index is 1150. The summed E-state index contributed by atoms with van der Waals surface area (Å²) in [5.74, 6) is 1.25. The zero-order chi connectivity index (χ0) is 24.7. The summed E-state index contributed by atoms with van der Waals surface area (Å²) in [5.41, 5.74) is 2.47. The maximum atomic E-state index is 12.0. The summed E-state index contributed by atoms with van der Waals surface area (Å²) in [4.78, 5) is 27.7. The summed E-state index contributed by atoms with van der Waals surface area (Å²) < 4.78 is 1.62. The molecule has 190 valence electrons. The number of nitrogens with one attached hydrogen (secondary N) is 2. The first kappa shape index (κ1) is 24.2. The minimum atomic E-state index is -0.878. The fourth-order valence-corrected chi connectivity index (χ4v) is 4.73. The number of anilines is 2. The van der Waals surface area contributed by atoms with Crippen LogP contribution in [0.4, 0.5) is 11.6 Å². The molecular formula is C26H34N8O2. The van der Waals surface area contributed by atoms with Crippen molar-refractivity contribution in [2.45, 2.75) is 63.5 Å². The molecule has 0 aromatic carbocycles. The molecule has 3 aromatic rings. The molecule has 1 unspecified atom stereocenters. The molecule has 36 heavy (non-hydrogen) atoms. The average Bonchev–Trinajstić information content (AvgIpc) is 3.59. The Morgan fingerprint density at radius 1 is 1.25 bits per heavy atom. The van der Waals surface area contributed by atoms with Gasteiger partial charge in [0.2, 0.25) is 0 Å². The molecule has 10 nitrogen and oxygen atoms in total. The molecule has 1 aliphatic carbocycles. The molecule has 4 heterocycles. The van der Waals surface area contributed by atoms with E-state index in [1.165, 1.54) is 31.2 Å². The van der Waals surface area contributed by atoms with Crippen LogP contribution in [0.5, 0.6) is 0 Å². The third kappa shape index (κ3) is 6.37. The van der Waals surface area contributed by atoms with Crippen molar-refractivity contribution in [3.05, 3.63) is 54.2 Å². The first-order valence-electron chi connectivity index (χ1n) is 12.9. The lowest BCUT2D eigenvalue weighted by Crippen LogP contribution is -2.36. The van der Waals surface area contributed by atoms with Gasteiger partial charge in [-0.2, -0.15) is 5.10 Å². The molecule has 2 aliphatic rings. The third-order valence-electron chi connectivity index (χ3n) is 6.86. The SMILES string of the molecule is O=C(O)C(CCN(CCCCc1ccc2c(n1)NCCC2)C1CC1)Nc1cc(-n2cccn2)ncn1. The van der Waals surface area contributed by atoms with Gasteiger partial charge in [0.1, 0.15) is 24.0 Å². The number of rotatable bonds is 13. The first-order valence-corrected chi connectivity index (χ1v) is 12.9. The van der Waals surface area contributed by atoms with Crippen LogP contribution in [0.1, 0.15) is 49.8 Å². The van der Waals surface area contributed by atoms with E-state index in [0.29, 0.717) is 24.1 Å². The number of carbonyl (C=O) groups is 1. The average molecular weight is 491 g/mol. The van der Waals surface area contributed by atoms with Crippen molar-refractivity contribution in [2.75, 3.05) is 30.3 Å². The standard InChI is InChI=1S/C26H34N8O2/c35-26(36)22(32-23-17-24(29-18-28-23)34-15-4-13-30-34)11-16-33(21-9-10-21)14-2-1-6-20-8-7-19-5-3-12-27-25(19)31-20/h4,7-8,13,15,17-18,21-22H,1-3,5-6,9-12,14,16H2,(H,27,31)(H,35,36)(H,28,29,32). The summed E-state index contributed by atoms with van der Waals surface area (Å²) in [5, 5.41) is 20.5. The molecule has 0 bridgehead atoms. The number of aliphatic carboxylic acids is 1. The van der Waals surface area contributed by atoms with E-state index < -0.39 is 12.0 Å². The van der Waals surface area contributed by atoms with E-state index in [9.17, 15) is 9.90 Å². The highest BCUT2D eigenvalue weighted by atomic mass is 16.4. The fourth-order valence-electron chi connectivity index (χ4n) is 4.73. The summed E-state index contributed by atoms with van der Waals surface area (Å²) in [6.07, 6.45) is 13.2. The Morgan fingerprint density at radius 2 is 2.17 bits per heavy atom. The summed E-state index contributed by atoms with van der Waals surface area (Å²) in [6, 6.07) is 7.76. The van der Waals surface area contributed by atoms with Gasteiger partial charge in [-0.3, -0.25) is 0 Å². The Kier molecular flexibility index (Phi) is 7.70. The predicted molar refractivity (Wildman–Crippen MR) is 137 cm³/mol. The third-order valence-corrected chi connectivity index (χ3v) is 6.86. The van der Waals surface area contributed by atoms with Gasteiger partial charge in [0.05, 0.1) is 0 Å². The molecule has 1 fully saturated rings. The van der Waals surface area contributed by atoms with Gasteiger partial charge in [-0.15, -0.1) is 0 Å². The van der Waals surface area contributed by atoms with Crippen molar-refractivity contribution < 1.29 is 9.90 Å². The second-order valence-corrected chi connectivity index (χ2v) is 9.60. The molecule has 5 rings (SSSR count). The maximum absolute atomic E-state index is 12.0. The Balaban J connectivity index is 1.11. The number of aromatic nitrogens is 5. The lowest BCUT2D eigenvalue weighted by Gasteiger charge is -2.24. The molecule has 0 amide bonds. The summed E-state index contributed by atoms with van der Waals surface area (Å²) in [6.45, 7) is 2.73. The number of fused-ring (bicyclic) bond motifs is 1. The van der Waals surface area contributed by atoms with Crippen molar-refractivity contribution in [1.82, 2.24) is 29.6 Å². The van der Waals surface area contributed by atoms with Crippen molar-refractivity contribution in [3.63, 3.8) is 0 Å². The van der Waals surface area contributed by atoms with E-state index in [1.54, 1.807) is 23.1 Å². The smallest absolute Gasteiger partial charge is 0.326 e. The topological polar surface area (TPSA) is 121 Å². The van der Waals surface area contributed by atoms with Crippen LogP contribution >= 0.6 is 0 Å². The quantitative estimate of drug-likeness (QED) is 0.310. The van der Waals surface area contributed by atoms with Crippen LogP contribution in [-0.2, 0) is 17.6 Å². The van der Waals surface area contributed by atoms with Crippen molar-refractivity contribution in [3.8, 4) is 5.82 Å². The monoisotopic (exact) mass is 490 g/mol.